The van der Waals surface area contributed by atoms with Gasteiger partial charge in [0.1, 0.15) is 11.5 Å². The third-order valence-electron chi connectivity index (χ3n) is 4.98. The molecule has 0 bridgehead atoms. The van der Waals surface area contributed by atoms with E-state index in [-0.39, 0.29) is 22.4 Å². The van der Waals surface area contributed by atoms with Crippen LogP contribution in [0.4, 0.5) is 11.4 Å². The predicted octanol–water partition coefficient (Wildman–Crippen LogP) is 3.13. The summed E-state index contributed by atoms with van der Waals surface area (Å²) in [5.74, 6) is -2.62. The van der Waals surface area contributed by atoms with Crippen molar-refractivity contribution < 1.29 is 38.6 Å². The Kier molecular flexibility index (Phi) is 6.27. The lowest BCUT2D eigenvalue weighted by Crippen LogP contribution is -2.29. The molecule has 0 radical (unpaired) electrons. The highest BCUT2D eigenvalue weighted by Gasteiger charge is 2.37. The molecule has 3 amide bonds. The molecule has 1 aliphatic rings. The minimum absolute atomic E-state index is 0.0872. The van der Waals surface area contributed by atoms with Crippen molar-refractivity contribution in [3.8, 4) is 11.5 Å². The first-order valence-electron chi connectivity index (χ1n) is 10.3. The topological polar surface area (TPSA) is 139 Å². The van der Waals surface area contributed by atoms with Crippen LogP contribution in [0.5, 0.6) is 11.5 Å². The summed E-state index contributed by atoms with van der Waals surface area (Å²) in [6.07, 6.45) is 0. The van der Waals surface area contributed by atoms with E-state index >= 15 is 0 Å². The van der Waals surface area contributed by atoms with Crippen LogP contribution in [0.2, 0.25) is 0 Å². The van der Waals surface area contributed by atoms with E-state index in [1.165, 1.54) is 61.5 Å². The van der Waals surface area contributed by atoms with Gasteiger partial charge in [-0.2, -0.15) is 0 Å². The van der Waals surface area contributed by atoms with Crippen molar-refractivity contribution in [1.82, 2.24) is 0 Å². The van der Waals surface area contributed by atoms with Crippen molar-refractivity contribution in [1.29, 1.82) is 0 Å². The van der Waals surface area contributed by atoms with Crippen LogP contribution in [0.3, 0.4) is 0 Å². The number of nitrogens with one attached hydrogen (secondary N) is 1. The minimum atomic E-state index is -1.11. The second kappa shape index (κ2) is 9.48. The van der Waals surface area contributed by atoms with E-state index in [0.29, 0.717) is 17.1 Å². The Morgan fingerprint density at radius 1 is 0.857 bits per heavy atom. The van der Waals surface area contributed by atoms with Gasteiger partial charge in [0.15, 0.2) is 6.61 Å². The fourth-order valence-corrected chi connectivity index (χ4v) is 3.43. The highest BCUT2D eigenvalue weighted by atomic mass is 16.5. The van der Waals surface area contributed by atoms with Crippen molar-refractivity contribution in [2.75, 3.05) is 16.8 Å². The Morgan fingerprint density at radius 3 is 2.11 bits per heavy atom. The summed E-state index contributed by atoms with van der Waals surface area (Å²) in [7, 11) is 0. The molecule has 4 rings (SSSR count). The van der Waals surface area contributed by atoms with Crippen LogP contribution in [0, 0.1) is 0 Å². The fourth-order valence-electron chi connectivity index (χ4n) is 3.43. The van der Waals surface area contributed by atoms with Gasteiger partial charge in [-0.25, -0.2) is 9.69 Å². The molecular formula is C25H18N2O8. The molecule has 3 aromatic carbocycles. The molecule has 0 atom stereocenters. The highest BCUT2D eigenvalue weighted by molar-refractivity contribution is 6.34. The lowest BCUT2D eigenvalue weighted by molar-refractivity contribution is -0.139. The summed E-state index contributed by atoms with van der Waals surface area (Å²) >= 11 is 0. The number of carboxylic acids is 1. The molecule has 0 fully saturated rings. The number of carbonyl (C=O) groups excluding carboxylic acids is 4. The highest BCUT2D eigenvalue weighted by Crippen LogP contribution is 2.30. The quantitative estimate of drug-likeness (QED) is 0.302. The molecule has 0 saturated heterocycles. The summed E-state index contributed by atoms with van der Waals surface area (Å²) in [6.45, 7) is 0.776. The van der Waals surface area contributed by atoms with Gasteiger partial charge in [0.25, 0.3) is 17.7 Å². The number of hydrogen-bond donors (Lipinski definition) is 2. The van der Waals surface area contributed by atoms with Crippen LogP contribution in [-0.4, -0.2) is 41.4 Å². The van der Waals surface area contributed by atoms with Crippen LogP contribution in [0.1, 0.15) is 38.0 Å². The van der Waals surface area contributed by atoms with Crippen molar-refractivity contribution in [3.05, 3.63) is 83.4 Å². The summed E-state index contributed by atoms with van der Waals surface area (Å²) in [5, 5.41) is 11.3. The molecule has 0 aliphatic carbocycles. The number of anilines is 2. The number of carbonyl (C=O) groups is 5. The van der Waals surface area contributed by atoms with Crippen LogP contribution in [0.25, 0.3) is 0 Å². The normalized spacial score (nSPS) is 12.2. The second-order valence-electron chi connectivity index (χ2n) is 7.45. The standard InChI is InChI=1S/C25H18N2O8/c1-14(28)35-19-9-5-17(6-10-19)27-24(32)20-11-2-15(12-21(20)25(27)33)23(31)26-16-3-7-18(8-4-16)34-13-22(29)30/h2-12H,13H2,1H3,(H,26,31)(H,29,30). The van der Waals surface area contributed by atoms with E-state index in [4.69, 9.17) is 14.6 Å². The Balaban J connectivity index is 1.49. The summed E-state index contributed by atoms with van der Waals surface area (Å²) in [5.41, 5.74) is 1.14. The first-order valence-corrected chi connectivity index (χ1v) is 10.3. The third kappa shape index (κ3) is 5.01. The average Bonchev–Trinajstić information content (AvgIpc) is 3.08. The van der Waals surface area contributed by atoms with E-state index in [1.807, 2.05) is 0 Å². The first-order chi connectivity index (χ1) is 16.7. The van der Waals surface area contributed by atoms with E-state index in [1.54, 1.807) is 12.1 Å². The van der Waals surface area contributed by atoms with Crippen LogP contribution < -0.4 is 19.7 Å². The fraction of sp³-hybridized carbons (Fsp3) is 0.0800. The van der Waals surface area contributed by atoms with E-state index in [9.17, 15) is 24.0 Å². The smallest absolute Gasteiger partial charge is 0.341 e. The summed E-state index contributed by atoms with van der Waals surface area (Å²) in [6, 6.07) is 16.2. The molecule has 0 unspecified atom stereocenters. The van der Waals surface area contributed by atoms with Gasteiger partial charge in [-0.05, 0) is 66.7 Å². The van der Waals surface area contributed by atoms with Gasteiger partial charge in [0.2, 0.25) is 0 Å². The zero-order chi connectivity index (χ0) is 25.1. The zero-order valence-corrected chi connectivity index (χ0v) is 18.3. The largest absolute Gasteiger partial charge is 0.482 e. The Hall–Kier alpha value is -4.99. The van der Waals surface area contributed by atoms with Gasteiger partial charge in [0, 0.05) is 18.2 Å². The SMILES string of the molecule is CC(=O)Oc1ccc(N2C(=O)c3ccc(C(=O)Nc4ccc(OCC(=O)O)cc4)cc3C2=O)cc1. The number of nitrogens with zero attached hydrogens (tertiary/aromatic N) is 1. The molecule has 0 aromatic heterocycles. The van der Waals surface area contributed by atoms with Gasteiger partial charge in [0.05, 0.1) is 16.8 Å². The molecule has 1 aliphatic heterocycles. The van der Waals surface area contributed by atoms with Gasteiger partial charge >= 0.3 is 11.9 Å². The molecule has 10 heteroatoms. The Bertz CT molecular complexity index is 1350. The zero-order valence-electron chi connectivity index (χ0n) is 18.3. The van der Waals surface area contributed by atoms with Gasteiger partial charge in [-0.3, -0.25) is 19.2 Å². The van der Waals surface area contributed by atoms with Crippen LogP contribution >= 0.6 is 0 Å². The molecular weight excluding hydrogens is 456 g/mol. The summed E-state index contributed by atoms with van der Waals surface area (Å²) < 4.78 is 10.0. The van der Waals surface area contributed by atoms with E-state index < -0.39 is 36.3 Å². The summed E-state index contributed by atoms with van der Waals surface area (Å²) in [4.78, 5) is 61.2. The number of rotatable bonds is 7. The minimum Gasteiger partial charge on any atom is -0.482 e. The van der Waals surface area contributed by atoms with Crippen molar-refractivity contribution in [2.24, 2.45) is 0 Å². The number of ether oxygens (including phenoxy) is 2. The molecule has 0 saturated carbocycles. The monoisotopic (exact) mass is 474 g/mol. The molecule has 2 N–H and O–H groups in total. The molecule has 0 spiro atoms. The number of fused-ring (bicyclic) bond motifs is 1. The predicted molar refractivity (Wildman–Crippen MR) is 123 cm³/mol. The molecule has 176 valence electrons. The maximum atomic E-state index is 13.0. The number of benzene rings is 3. The number of carboxylic acid groups (broad SMARTS) is 1. The number of amides is 3. The number of esters is 1. The lowest BCUT2D eigenvalue weighted by atomic mass is 10.1. The van der Waals surface area contributed by atoms with Crippen molar-refractivity contribution in [2.45, 2.75) is 6.92 Å². The molecule has 1 heterocycles. The maximum Gasteiger partial charge on any atom is 0.341 e. The van der Waals surface area contributed by atoms with Gasteiger partial charge < -0.3 is 19.9 Å². The van der Waals surface area contributed by atoms with Crippen molar-refractivity contribution >= 4 is 41.0 Å². The maximum absolute atomic E-state index is 13.0. The van der Waals surface area contributed by atoms with E-state index in [0.717, 1.165) is 4.90 Å². The van der Waals surface area contributed by atoms with Crippen molar-refractivity contribution in [3.63, 3.8) is 0 Å². The molecule has 35 heavy (non-hydrogen) atoms. The first kappa shape index (κ1) is 23.2. The Labute approximate surface area is 198 Å². The van der Waals surface area contributed by atoms with Gasteiger partial charge in [-0.1, -0.05) is 0 Å². The third-order valence-corrected chi connectivity index (χ3v) is 4.98. The molecule has 3 aromatic rings. The number of hydrogen-bond acceptors (Lipinski definition) is 7. The second-order valence-corrected chi connectivity index (χ2v) is 7.45. The lowest BCUT2D eigenvalue weighted by Gasteiger charge is -2.14. The van der Waals surface area contributed by atoms with E-state index in [2.05, 4.69) is 5.32 Å². The number of imide groups is 1. The Morgan fingerprint density at radius 2 is 1.49 bits per heavy atom. The van der Waals surface area contributed by atoms with Gasteiger partial charge in [-0.15, -0.1) is 0 Å². The van der Waals surface area contributed by atoms with Crippen LogP contribution in [-0.2, 0) is 9.59 Å². The van der Waals surface area contributed by atoms with Crippen LogP contribution in [0.15, 0.2) is 66.7 Å². The average molecular weight is 474 g/mol. The molecule has 10 nitrogen and oxygen atoms in total. The number of aliphatic carboxylic acids is 1.